The minimum atomic E-state index is 0.719. The molecule has 0 heterocycles. The average molecular weight is 302 g/mol. The molecule has 1 aliphatic carbocycles. The number of hydrogen-bond donors (Lipinski definition) is 0. The highest BCUT2D eigenvalue weighted by molar-refractivity contribution is 5.29. The maximum Gasteiger partial charge on any atom is 0.119 e. The van der Waals surface area contributed by atoms with E-state index in [0.717, 1.165) is 37.2 Å². The summed E-state index contributed by atoms with van der Waals surface area (Å²) < 4.78 is 10.8. The molecule has 0 atom stereocenters. The van der Waals surface area contributed by atoms with Gasteiger partial charge in [0.2, 0.25) is 0 Å². The van der Waals surface area contributed by atoms with Gasteiger partial charge in [-0.05, 0) is 61.6 Å². The molecule has 2 rings (SSSR count). The van der Waals surface area contributed by atoms with E-state index in [-0.39, 0.29) is 0 Å². The van der Waals surface area contributed by atoms with Crippen LogP contribution in [-0.4, -0.2) is 20.3 Å². The molecular weight excluding hydrogens is 272 g/mol. The van der Waals surface area contributed by atoms with E-state index in [1.165, 1.54) is 37.7 Å². The molecule has 0 aliphatic heterocycles. The molecule has 122 valence electrons. The van der Waals surface area contributed by atoms with Gasteiger partial charge in [-0.1, -0.05) is 37.6 Å². The van der Waals surface area contributed by atoms with Gasteiger partial charge in [0.1, 0.15) is 5.75 Å². The summed E-state index contributed by atoms with van der Waals surface area (Å²) in [4.78, 5) is 0. The van der Waals surface area contributed by atoms with E-state index in [1.807, 2.05) is 0 Å². The number of methoxy groups -OCH3 is 1. The van der Waals surface area contributed by atoms with Gasteiger partial charge < -0.3 is 9.47 Å². The second-order valence-corrected chi connectivity index (χ2v) is 6.27. The number of ether oxygens (including phenoxy) is 2. The van der Waals surface area contributed by atoms with Crippen LogP contribution < -0.4 is 4.74 Å². The Balaban J connectivity index is 1.78. The van der Waals surface area contributed by atoms with E-state index < -0.39 is 0 Å². The molecule has 1 fully saturated rings. The van der Waals surface area contributed by atoms with Crippen molar-refractivity contribution < 1.29 is 9.47 Å². The monoisotopic (exact) mass is 302 g/mol. The predicted molar refractivity (Wildman–Crippen MR) is 92.6 cm³/mol. The van der Waals surface area contributed by atoms with Gasteiger partial charge in [0.25, 0.3) is 0 Å². The second-order valence-electron chi connectivity index (χ2n) is 6.27. The topological polar surface area (TPSA) is 18.5 Å². The van der Waals surface area contributed by atoms with Crippen molar-refractivity contribution in [3.05, 3.63) is 42.0 Å². The molecule has 0 bridgehead atoms. The van der Waals surface area contributed by atoms with Gasteiger partial charge in [-0.3, -0.25) is 0 Å². The van der Waals surface area contributed by atoms with Crippen LogP contribution in [0.4, 0.5) is 0 Å². The fourth-order valence-electron chi connectivity index (χ4n) is 3.16. The molecule has 1 aliphatic rings. The first-order valence-corrected chi connectivity index (χ1v) is 8.71. The molecule has 1 saturated carbocycles. The Morgan fingerprint density at radius 2 is 1.82 bits per heavy atom. The first-order valence-electron chi connectivity index (χ1n) is 8.71. The number of unbranched alkanes of at least 4 members (excludes halogenated alkanes) is 1. The van der Waals surface area contributed by atoms with Crippen LogP contribution in [-0.2, 0) is 4.74 Å². The fourth-order valence-corrected chi connectivity index (χ4v) is 3.16. The summed E-state index contributed by atoms with van der Waals surface area (Å²) in [5, 5.41) is 0. The van der Waals surface area contributed by atoms with E-state index >= 15 is 0 Å². The molecule has 0 aromatic heterocycles. The highest BCUT2D eigenvalue weighted by atomic mass is 16.5. The van der Waals surface area contributed by atoms with Crippen molar-refractivity contribution in [2.45, 2.75) is 51.4 Å². The Labute approximate surface area is 135 Å². The molecular formula is C20H30O2. The molecule has 0 unspecified atom stereocenters. The summed E-state index contributed by atoms with van der Waals surface area (Å²) in [5.74, 6) is 2.47. The zero-order valence-corrected chi connectivity index (χ0v) is 14.1. The lowest BCUT2D eigenvalue weighted by molar-refractivity contribution is 0.233. The molecule has 22 heavy (non-hydrogen) atoms. The Kier molecular flexibility index (Phi) is 7.51. The number of allylic oxidation sites excluding steroid dienone is 1. The van der Waals surface area contributed by atoms with Crippen molar-refractivity contribution in [1.82, 2.24) is 0 Å². The van der Waals surface area contributed by atoms with Crippen molar-refractivity contribution in [1.29, 1.82) is 0 Å². The van der Waals surface area contributed by atoms with Crippen LogP contribution in [0, 0.1) is 5.92 Å². The number of hydrogen-bond acceptors (Lipinski definition) is 2. The zero-order valence-electron chi connectivity index (χ0n) is 14.1. The third kappa shape index (κ3) is 5.49. The van der Waals surface area contributed by atoms with Crippen molar-refractivity contribution in [2.24, 2.45) is 5.92 Å². The van der Waals surface area contributed by atoms with Gasteiger partial charge in [0.15, 0.2) is 0 Å². The molecule has 2 heteroatoms. The average Bonchev–Trinajstić information content (AvgIpc) is 2.57. The summed E-state index contributed by atoms with van der Waals surface area (Å²) in [6.45, 7) is 3.75. The van der Waals surface area contributed by atoms with Crippen LogP contribution in [0.3, 0.4) is 0 Å². The first kappa shape index (κ1) is 17.1. The Hall–Kier alpha value is -1.28. The smallest absolute Gasteiger partial charge is 0.119 e. The molecule has 0 spiro atoms. The van der Waals surface area contributed by atoms with E-state index in [9.17, 15) is 0 Å². The highest BCUT2D eigenvalue weighted by Gasteiger charge is 2.20. The molecule has 0 N–H and O–H groups in total. The molecule has 0 amide bonds. The Morgan fingerprint density at radius 1 is 1.09 bits per heavy atom. The molecule has 1 aromatic rings. The summed E-state index contributed by atoms with van der Waals surface area (Å²) in [7, 11) is 1.75. The van der Waals surface area contributed by atoms with E-state index in [2.05, 4.69) is 43.3 Å². The SMILES string of the molecule is CCCCOc1ccc([C@H]2CC[C@H](C=CCOC)CC2)cc1. The highest BCUT2D eigenvalue weighted by Crippen LogP contribution is 2.36. The van der Waals surface area contributed by atoms with Gasteiger partial charge in [0, 0.05) is 7.11 Å². The predicted octanol–water partition coefficient (Wildman–Crippen LogP) is 5.34. The van der Waals surface area contributed by atoms with Crippen LogP contribution in [0.2, 0.25) is 0 Å². The maximum atomic E-state index is 5.74. The number of rotatable bonds is 8. The minimum Gasteiger partial charge on any atom is -0.494 e. The van der Waals surface area contributed by atoms with Crippen LogP contribution in [0.25, 0.3) is 0 Å². The Bertz CT molecular complexity index is 428. The summed E-state index contributed by atoms with van der Waals surface area (Å²) >= 11 is 0. The minimum absolute atomic E-state index is 0.719. The third-order valence-electron chi connectivity index (χ3n) is 4.56. The standard InChI is InChI=1S/C20H30O2/c1-3-4-16-22-20-13-11-19(12-14-20)18-9-7-17(8-10-18)6-5-15-21-2/h5-6,11-14,17-18H,3-4,7-10,15-16H2,1-2H3/t17-,18-. The normalized spacial score (nSPS) is 22.1. The molecule has 1 aromatic carbocycles. The summed E-state index contributed by atoms with van der Waals surface area (Å²) in [6.07, 6.45) is 12.0. The first-order chi connectivity index (χ1) is 10.8. The van der Waals surface area contributed by atoms with Crippen molar-refractivity contribution >= 4 is 0 Å². The Morgan fingerprint density at radius 3 is 2.45 bits per heavy atom. The lowest BCUT2D eigenvalue weighted by Crippen LogP contribution is -2.11. The van der Waals surface area contributed by atoms with Crippen LogP contribution in [0.15, 0.2) is 36.4 Å². The van der Waals surface area contributed by atoms with Crippen molar-refractivity contribution in [2.75, 3.05) is 20.3 Å². The molecule has 2 nitrogen and oxygen atoms in total. The lowest BCUT2D eigenvalue weighted by atomic mass is 9.78. The van der Waals surface area contributed by atoms with Crippen LogP contribution >= 0.6 is 0 Å². The van der Waals surface area contributed by atoms with Crippen molar-refractivity contribution in [3.8, 4) is 5.75 Å². The molecule has 0 radical (unpaired) electrons. The van der Waals surface area contributed by atoms with Gasteiger partial charge in [-0.25, -0.2) is 0 Å². The largest absolute Gasteiger partial charge is 0.494 e. The van der Waals surface area contributed by atoms with E-state index in [4.69, 9.17) is 9.47 Å². The summed E-state index contributed by atoms with van der Waals surface area (Å²) in [6, 6.07) is 8.78. The van der Waals surface area contributed by atoms with Gasteiger partial charge in [0.05, 0.1) is 13.2 Å². The van der Waals surface area contributed by atoms with E-state index in [1.54, 1.807) is 7.11 Å². The van der Waals surface area contributed by atoms with Gasteiger partial charge in [-0.2, -0.15) is 0 Å². The third-order valence-corrected chi connectivity index (χ3v) is 4.56. The fraction of sp³-hybridized carbons (Fsp3) is 0.600. The summed E-state index contributed by atoms with van der Waals surface area (Å²) in [5.41, 5.74) is 1.47. The van der Waals surface area contributed by atoms with Crippen molar-refractivity contribution in [3.63, 3.8) is 0 Å². The number of benzene rings is 1. The van der Waals surface area contributed by atoms with Gasteiger partial charge >= 0.3 is 0 Å². The quantitative estimate of drug-likeness (QED) is 0.476. The maximum absolute atomic E-state index is 5.74. The molecule has 0 saturated heterocycles. The second kappa shape index (κ2) is 9.68. The van der Waals surface area contributed by atoms with E-state index in [0.29, 0.717) is 0 Å². The van der Waals surface area contributed by atoms with Crippen LogP contribution in [0.1, 0.15) is 56.9 Å². The lowest BCUT2D eigenvalue weighted by Gasteiger charge is -2.27. The van der Waals surface area contributed by atoms with Gasteiger partial charge in [-0.15, -0.1) is 0 Å². The zero-order chi connectivity index (χ0) is 15.6. The van der Waals surface area contributed by atoms with Crippen LogP contribution in [0.5, 0.6) is 5.75 Å².